The summed E-state index contributed by atoms with van der Waals surface area (Å²) in [5, 5.41) is 1.92. The molecule has 3 unspecified atom stereocenters. The Morgan fingerprint density at radius 1 is 1.17 bits per heavy atom. The molecule has 1 heteroatoms. The van der Waals surface area contributed by atoms with E-state index in [2.05, 4.69) is 46.4 Å². The van der Waals surface area contributed by atoms with Crippen molar-refractivity contribution in [3.8, 4) is 0 Å². The fraction of sp³-hybridized carbons (Fsp3) is 1.00. The Hall–Kier alpha value is 0.350. The quantitative estimate of drug-likeness (QED) is 0.602. The molecule has 0 radical (unpaired) electrons. The minimum Gasteiger partial charge on any atom is -0.153 e. The molecule has 1 fully saturated rings. The third kappa shape index (κ3) is 2.69. The minimum atomic E-state index is 0.866. The first-order valence-corrected chi connectivity index (χ1v) is 6.12. The lowest BCUT2D eigenvalue weighted by molar-refractivity contribution is 0.321. The van der Waals surface area contributed by atoms with Crippen LogP contribution in [0.3, 0.4) is 0 Å². The normalized spacial score (nSPS) is 31.2. The highest BCUT2D eigenvalue weighted by atomic mass is 32.2. The number of hydrogen-bond acceptors (Lipinski definition) is 1. The second-order valence-electron chi connectivity index (χ2n) is 4.84. The van der Waals surface area contributed by atoms with Gasteiger partial charge in [-0.05, 0) is 24.2 Å². The van der Waals surface area contributed by atoms with Crippen LogP contribution < -0.4 is 0 Å². The summed E-state index contributed by atoms with van der Waals surface area (Å²) in [6, 6.07) is 0. The summed E-state index contributed by atoms with van der Waals surface area (Å²) in [7, 11) is 0. The summed E-state index contributed by atoms with van der Waals surface area (Å²) in [5.74, 6) is 2.70. The third-order valence-electron chi connectivity index (χ3n) is 2.78. The number of rotatable bonds is 4. The fourth-order valence-corrected chi connectivity index (χ4v) is 3.22. The Bertz CT molecular complexity index is 140. The van der Waals surface area contributed by atoms with E-state index in [1.54, 1.807) is 0 Å². The summed E-state index contributed by atoms with van der Waals surface area (Å²) in [5.41, 5.74) is 0. The Labute approximate surface area is 81.5 Å². The maximum atomic E-state index is 2.37. The van der Waals surface area contributed by atoms with Crippen LogP contribution in [-0.4, -0.2) is 10.5 Å². The summed E-state index contributed by atoms with van der Waals surface area (Å²) in [6.45, 7) is 11.8. The Balaban J connectivity index is 2.39. The molecule has 1 rings (SSSR count). The van der Waals surface area contributed by atoms with Gasteiger partial charge in [0, 0.05) is 10.5 Å². The summed E-state index contributed by atoms with van der Waals surface area (Å²) in [6.07, 6.45) is 1.42. The minimum absolute atomic E-state index is 0.866. The zero-order chi connectivity index (χ0) is 9.30. The topological polar surface area (TPSA) is 0 Å². The van der Waals surface area contributed by atoms with Crippen molar-refractivity contribution >= 4 is 11.8 Å². The van der Waals surface area contributed by atoms with Crippen molar-refractivity contribution in [1.29, 1.82) is 0 Å². The van der Waals surface area contributed by atoms with E-state index in [0.29, 0.717) is 0 Å². The Morgan fingerprint density at radius 3 is 1.92 bits per heavy atom. The van der Waals surface area contributed by atoms with E-state index in [4.69, 9.17) is 0 Å². The highest BCUT2D eigenvalue weighted by Crippen LogP contribution is 2.49. The van der Waals surface area contributed by atoms with Crippen LogP contribution in [0.1, 0.15) is 41.0 Å². The molecule has 0 bridgehead atoms. The monoisotopic (exact) mass is 186 g/mol. The lowest BCUT2D eigenvalue weighted by Crippen LogP contribution is -2.18. The lowest BCUT2D eigenvalue weighted by atomic mass is 9.84. The van der Waals surface area contributed by atoms with E-state index in [-0.39, 0.29) is 0 Å². The molecule has 1 aliphatic rings. The molecule has 12 heavy (non-hydrogen) atoms. The van der Waals surface area contributed by atoms with Crippen molar-refractivity contribution in [2.24, 2.45) is 17.8 Å². The summed E-state index contributed by atoms with van der Waals surface area (Å²) in [4.78, 5) is 0. The molecule has 0 nitrogen and oxygen atoms in total. The third-order valence-corrected chi connectivity index (χ3v) is 4.26. The van der Waals surface area contributed by atoms with Crippen molar-refractivity contribution in [3.05, 3.63) is 0 Å². The van der Waals surface area contributed by atoms with Gasteiger partial charge < -0.3 is 0 Å². The van der Waals surface area contributed by atoms with Gasteiger partial charge in [-0.3, -0.25) is 0 Å². The van der Waals surface area contributed by atoms with Crippen LogP contribution in [0.5, 0.6) is 0 Å². The van der Waals surface area contributed by atoms with Gasteiger partial charge in [0.1, 0.15) is 0 Å². The number of thioether (sulfide) groups is 1. The molecule has 3 atom stereocenters. The molecule has 0 aromatic heterocycles. The first-order chi connectivity index (χ1) is 5.52. The second kappa shape index (κ2) is 4.04. The van der Waals surface area contributed by atoms with Gasteiger partial charge in [0.2, 0.25) is 0 Å². The van der Waals surface area contributed by atoms with Gasteiger partial charge in [0.15, 0.2) is 0 Å². The van der Waals surface area contributed by atoms with E-state index in [1.165, 1.54) is 6.42 Å². The van der Waals surface area contributed by atoms with Crippen molar-refractivity contribution < 1.29 is 0 Å². The SMILES string of the molecule is CC(C)CC(C(C)C)C1SC1C. The molecule has 0 N–H and O–H groups in total. The zero-order valence-corrected chi connectivity index (χ0v) is 9.82. The fourth-order valence-electron chi connectivity index (χ4n) is 1.98. The van der Waals surface area contributed by atoms with Gasteiger partial charge >= 0.3 is 0 Å². The van der Waals surface area contributed by atoms with Crippen LogP contribution in [0, 0.1) is 17.8 Å². The van der Waals surface area contributed by atoms with Crippen molar-refractivity contribution in [2.75, 3.05) is 0 Å². The van der Waals surface area contributed by atoms with E-state index >= 15 is 0 Å². The van der Waals surface area contributed by atoms with Crippen LogP contribution in [0.2, 0.25) is 0 Å². The Morgan fingerprint density at radius 2 is 1.67 bits per heavy atom. The maximum Gasteiger partial charge on any atom is 0.0197 e. The van der Waals surface area contributed by atoms with Gasteiger partial charge in [-0.15, -0.1) is 0 Å². The molecule has 0 spiro atoms. The Kier molecular flexibility index (Phi) is 3.51. The van der Waals surface area contributed by atoms with Crippen LogP contribution in [-0.2, 0) is 0 Å². The first-order valence-electron chi connectivity index (χ1n) is 5.17. The molecule has 0 aliphatic carbocycles. The zero-order valence-electron chi connectivity index (χ0n) is 9.00. The lowest BCUT2D eigenvalue weighted by Gasteiger charge is -2.21. The predicted octanol–water partition coefficient (Wildman–Crippen LogP) is 3.81. The molecular weight excluding hydrogens is 164 g/mol. The standard InChI is InChI=1S/C11H22S/c1-7(2)6-10(8(3)4)11-9(5)12-11/h7-11H,6H2,1-5H3. The molecular formula is C11H22S. The molecule has 1 heterocycles. The van der Waals surface area contributed by atoms with Gasteiger partial charge in [-0.25, -0.2) is 0 Å². The second-order valence-corrected chi connectivity index (χ2v) is 6.40. The van der Waals surface area contributed by atoms with Crippen molar-refractivity contribution in [2.45, 2.75) is 51.5 Å². The van der Waals surface area contributed by atoms with Gasteiger partial charge in [0.25, 0.3) is 0 Å². The average Bonchev–Trinajstić information content (AvgIpc) is 2.61. The molecule has 1 aliphatic heterocycles. The smallest absolute Gasteiger partial charge is 0.0197 e. The van der Waals surface area contributed by atoms with Crippen LogP contribution in [0.15, 0.2) is 0 Å². The van der Waals surface area contributed by atoms with Crippen molar-refractivity contribution in [3.63, 3.8) is 0 Å². The highest BCUT2D eigenvalue weighted by Gasteiger charge is 2.41. The molecule has 0 aromatic rings. The van der Waals surface area contributed by atoms with E-state index in [9.17, 15) is 0 Å². The summed E-state index contributed by atoms with van der Waals surface area (Å²) >= 11 is 2.17. The first kappa shape index (κ1) is 10.4. The molecule has 1 saturated heterocycles. The van der Waals surface area contributed by atoms with E-state index in [0.717, 1.165) is 28.3 Å². The van der Waals surface area contributed by atoms with Gasteiger partial charge in [0.05, 0.1) is 0 Å². The van der Waals surface area contributed by atoms with Gasteiger partial charge in [-0.2, -0.15) is 11.8 Å². The predicted molar refractivity (Wildman–Crippen MR) is 58.6 cm³/mol. The molecule has 0 aromatic carbocycles. The molecule has 0 saturated carbocycles. The van der Waals surface area contributed by atoms with E-state index < -0.39 is 0 Å². The van der Waals surface area contributed by atoms with Crippen LogP contribution in [0.25, 0.3) is 0 Å². The van der Waals surface area contributed by atoms with Crippen LogP contribution >= 0.6 is 11.8 Å². The number of hydrogen-bond donors (Lipinski definition) is 0. The van der Waals surface area contributed by atoms with Gasteiger partial charge in [-0.1, -0.05) is 34.6 Å². The van der Waals surface area contributed by atoms with E-state index in [1.807, 2.05) is 0 Å². The van der Waals surface area contributed by atoms with Crippen LogP contribution in [0.4, 0.5) is 0 Å². The molecule has 72 valence electrons. The molecule has 0 amide bonds. The summed E-state index contributed by atoms with van der Waals surface area (Å²) < 4.78 is 0. The largest absolute Gasteiger partial charge is 0.153 e. The van der Waals surface area contributed by atoms with Crippen molar-refractivity contribution in [1.82, 2.24) is 0 Å². The average molecular weight is 186 g/mol. The highest BCUT2D eigenvalue weighted by molar-refractivity contribution is 8.07. The maximum absolute atomic E-state index is 2.37.